The van der Waals surface area contributed by atoms with Crippen LogP contribution >= 0.6 is 0 Å². The average Bonchev–Trinajstić information content (AvgIpc) is 3.48. The van der Waals surface area contributed by atoms with Crippen molar-refractivity contribution in [1.29, 1.82) is 0 Å². The van der Waals surface area contributed by atoms with Crippen molar-refractivity contribution in [3.8, 4) is 0 Å². The standard InChI is InChI=1S/C28H43NO3/c1-23(26-13-10-12-25(22-26)11-6-5-9-20-30)14-15-27(21-24(2)31)28(3,4)16-7-8-17-29(32)18-19-29/h10,12-15,21-23,30-31H,2,5-9,11,16-20H2,1,3-4H3/b15-14-,27-21+. The Bertz CT molecular complexity index is 790. The molecule has 0 aromatic heterocycles. The monoisotopic (exact) mass is 441 g/mol. The molecule has 1 heterocycles. The lowest BCUT2D eigenvalue weighted by Gasteiger charge is -2.28. The first-order chi connectivity index (χ1) is 15.1. The molecule has 1 unspecified atom stereocenters. The fourth-order valence-electron chi connectivity index (χ4n) is 4.10. The number of hydroxylamine groups is 3. The zero-order valence-electron chi connectivity index (χ0n) is 20.4. The van der Waals surface area contributed by atoms with Crippen LogP contribution in [0.3, 0.4) is 0 Å². The minimum Gasteiger partial charge on any atom is -0.632 e. The molecule has 178 valence electrons. The van der Waals surface area contributed by atoms with Gasteiger partial charge >= 0.3 is 0 Å². The van der Waals surface area contributed by atoms with Crippen LogP contribution in [0.2, 0.25) is 0 Å². The zero-order valence-corrected chi connectivity index (χ0v) is 20.4. The van der Waals surface area contributed by atoms with Crippen LogP contribution in [0.25, 0.3) is 0 Å². The molecular formula is C28H43NO3. The Morgan fingerprint density at radius 1 is 1.19 bits per heavy atom. The highest BCUT2D eigenvalue weighted by Crippen LogP contribution is 2.35. The van der Waals surface area contributed by atoms with Gasteiger partial charge in [-0.05, 0) is 72.6 Å². The Balaban J connectivity index is 1.99. The Morgan fingerprint density at radius 3 is 2.59 bits per heavy atom. The van der Waals surface area contributed by atoms with Gasteiger partial charge in [-0.25, -0.2) is 0 Å². The second-order valence-electron chi connectivity index (χ2n) is 10.1. The highest BCUT2D eigenvalue weighted by atomic mass is 16.6. The van der Waals surface area contributed by atoms with Gasteiger partial charge in [0.15, 0.2) is 0 Å². The predicted molar refractivity (Wildman–Crippen MR) is 134 cm³/mol. The van der Waals surface area contributed by atoms with Crippen molar-refractivity contribution in [3.05, 3.63) is 76.7 Å². The summed E-state index contributed by atoms with van der Waals surface area (Å²) in [5.74, 6) is 0.328. The maximum Gasteiger partial charge on any atom is 0.129 e. The smallest absolute Gasteiger partial charge is 0.129 e. The Labute approximate surface area is 195 Å². The molecule has 1 aliphatic heterocycles. The summed E-state index contributed by atoms with van der Waals surface area (Å²) >= 11 is 0. The van der Waals surface area contributed by atoms with Crippen LogP contribution in [0.15, 0.2) is 60.4 Å². The van der Waals surface area contributed by atoms with Crippen LogP contribution in [-0.2, 0) is 6.42 Å². The number of hydrogen-bond acceptors (Lipinski definition) is 3. The number of nitrogens with zero attached hydrogens (tertiary/aromatic N) is 1. The summed E-state index contributed by atoms with van der Waals surface area (Å²) in [7, 11) is 0. The lowest BCUT2D eigenvalue weighted by molar-refractivity contribution is -0.744. The number of benzene rings is 1. The third-order valence-corrected chi connectivity index (χ3v) is 6.61. The normalized spacial score (nSPS) is 17.0. The fraction of sp³-hybridized carbons (Fsp3) is 0.571. The third kappa shape index (κ3) is 9.32. The molecule has 1 aliphatic rings. The Morgan fingerprint density at radius 2 is 1.94 bits per heavy atom. The Kier molecular flexibility index (Phi) is 10.2. The fourth-order valence-corrected chi connectivity index (χ4v) is 4.10. The highest BCUT2D eigenvalue weighted by Gasteiger charge is 2.31. The predicted octanol–water partition coefficient (Wildman–Crippen LogP) is 6.57. The molecule has 4 heteroatoms. The van der Waals surface area contributed by atoms with Crippen LogP contribution in [0, 0.1) is 10.6 Å². The van der Waals surface area contributed by atoms with E-state index in [0.717, 1.165) is 70.2 Å². The molecule has 4 nitrogen and oxygen atoms in total. The van der Waals surface area contributed by atoms with E-state index >= 15 is 0 Å². The van der Waals surface area contributed by atoms with Gasteiger partial charge in [0.05, 0.1) is 6.54 Å². The number of quaternary nitrogens is 1. The molecule has 0 spiro atoms. The second kappa shape index (κ2) is 12.4. The molecule has 2 N–H and O–H groups in total. The quantitative estimate of drug-likeness (QED) is 0.0807. The Hall–Kier alpha value is -1.88. The topological polar surface area (TPSA) is 63.5 Å². The molecule has 1 atom stereocenters. The highest BCUT2D eigenvalue weighted by molar-refractivity contribution is 5.34. The molecule has 1 saturated heterocycles. The van der Waals surface area contributed by atoms with Crippen molar-refractivity contribution in [2.45, 2.75) is 71.6 Å². The first-order valence-corrected chi connectivity index (χ1v) is 12.2. The van der Waals surface area contributed by atoms with Gasteiger partial charge in [-0.2, -0.15) is 0 Å². The summed E-state index contributed by atoms with van der Waals surface area (Å²) < 4.78 is -0.00547. The van der Waals surface area contributed by atoms with Gasteiger partial charge in [-0.15, -0.1) is 0 Å². The summed E-state index contributed by atoms with van der Waals surface area (Å²) in [6.45, 7) is 12.8. The summed E-state index contributed by atoms with van der Waals surface area (Å²) in [6.07, 6.45) is 13.1. The molecule has 0 bridgehead atoms. The number of hydrogen-bond donors (Lipinski definition) is 2. The zero-order chi connectivity index (χ0) is 23.6. The minimum atomic E-state index is -0.108. The number of aliphatic hydroxyl groups excluding tert-OH is 2. The third-order valence-electron chi connectivity index (χ3n) is 6.61. The number of rotatable bonds is 15. The van der Waals surface area contributed by atoms with Crippen LogP contribution in [-0.4, -0.2) is 41.1 Å². The van der Waals surface area contributed by atoms with Crippen molar-refractivity contribution in [2.75, 3.05) is 26.2 Å². The van der Waals surface area contributed by atoms with E-state index in [1.165, 1.54) is 11.1 Å². The molecular weight excluding hydrogens is 398 g/mol. The van der Waals surface area contributed by atoms with Crippen molar-refractivity contribution in [2.24, 2.45) is 5.41 Å². The van der Waals surface area contributed by atoms with Crippen molar-refractivity contribution < 1.29 is 14.9 Å². The summed E-state index contributed by atoms with van der Waals surface area (Å²) in [6, 6.07) is 8.75. The molecule has 0 amide bonds. The van der Waals surface area contributed by atoms with E-state index in [9.17, 15) is 10.3 Å². The number of aryl methyl sites for hydroxylation is 1. The maximum absolute atomic E-state index is 11.9. The van der Waals surface area contributed by atoms with E-state index in [1.54, 1.807) is 6.08 Å². The molecule has 1 aromatic rings. The van der Waals surface area contributed by atoms with Gasteiger partial charge in [-0.1, -0.05) is 70.2 Å². The van der Waals surface area contributed by atoms with Crippen LogP contribution in [0.1, 0.15) is 76.3 Å². The summed E-state index contributed by atoms with van der Waals surface area (Å²) in [5.41, 5.74) is 3.58. The van der Waals surface area contributed by atoms with Crippen LogP contribution in [0.4, 0.5) is 0 Å². The van der Waals surface area contributed by atoms with Gasteiger partial charge in [0.1, 0.15) is 18.8 Å². The molecule has 0 aliphatic carbocycles. The molecule has 1 fully saturated rings. The van der Waals surface area contributed by atoms with E-state index in [4.69, 9.17) is 5.11 Å². The van der Waals surface area contributed by atoms with Crippen molar-refractivity contribution >= 4 is 0 Å². The molecule has 0 radical (unpaired) electrons. The minimum absolute atomic E-state index is 0.00547. The van der Waals surface area contributed by atoms with Crippen LogP contribution in [0.5, 0.6) is 0 Å². The lowest BCUT2D eigenvalue weighted by Crippen LogP contribution is -2.20. The SMILES string of the molecule is C=C(O)/C=C(\C=C/C(C)c1cccc(CCCCCO)c1)C(C)(C)CCCC[N+]1([O-])CC1. The van der Waals surface area contributed by atoms with Gasteiger partial charge in [0.2, 0.25) is 0 Å². The first-order valence-electron chi connectivity index (χ1n) is 12.2. The van der Waals surface area contributed by atoms with Gasteiger partial charge in [0.25, 0.3) is 0 Å². The number of allylic oxidation sites excluding steroid dienone is 4. The molecule has 0 saturated carbocycles. The maximum atomic E-state index is 11.9. The molecule has 2 rings (SSSR count). The van der Waals surface area contributed by atoms with E-state index < -0.39 is 0 Å². The number of aliphatic hydroxyl groups is 2. The van der Waals surface area contributed by atoms with Gasteiger partial charge in [-0.3, -0.25) is 0 Å². The van der Waals surface area contributed by atoms with Gasteiger partial charge in [0, 0.05) is 6.61 Å². The lowest BCUT2D eigenvalue weighted by atomic mass is 9.78. The number of unbranched alkanes of at least 4 members (excludes halogenated alkanes) is 3. The van der Waals surface area contributed by atoms with E-state index in [2.05, 4.69) is 63.8 Å². The van der Waals surface area contributed by atoms with E-state index in [-0.39, 0.29) is 28.3 Å². The van der Waals surface area contributed by atoms with E-state index in [1.807, 2.05) is 0 Å². The average molecular weight is 442 g/mol. The van der Waals surface area contributed by atoms with Crippen molar-refractivity contribution in [1.82, 2.24) is 0 Å². The summed E-state index contributed by atoms with van der Waals surface area (Å²) in [4.78, 5) is 0. The molecule has 1 aromatic carbocycles. The second-order valence-corrected chi connectivity index (χ2v) is 10.1. The van der Waals surface area contributed by atoms with Crippen LogP contribution < -0.4 is 0 Å². The van der Waals surface area contributed by atoms with E-state index in [0.29, 0.717) is 0 Å². The molecule has 32 heavy (non-hydrogen) atoms. The van der Waals surface area contributed by atoms with Gasteiger partial charge < -0.3 is 20.1 Å². The first kappa shape index (κ1) is 26.4. The van der Waals surface area contributed by atoms with Crippen molar-refractivity contribution in [3.63, 3.8) is 0 Å². The largest absolute Gasteiger partial charge is 0.632 e. The summed E-state index contributed by atoms with van der Waals surface area (Å²) in [5, 5.41) is 30.7.